The molecule has 16 heavy (non-hydrogen) atoms. The van der Waals surface area contributed by atoms with E-state index in [1.807, 2.05) is 18.2 Å². The first-order valence-electron chi connectivity index (χ1n) is 4.63. The molecule has 1 N–H and O–H groups in total. The van der Waals surface area contributed by atoms with Crippen molar-refractivity contribution in [3.63, 3.8) is 0 Å². The average molecular weight is 303 g/mol. The predicted octanol–water partition coefficient (Wildman–Crippen LogP) is 3.41. The second-order valence-electron chi connectivity index (χ2n) is 3.21. The average Bonchev–Trinajstić information content (AvgIpc) is 2.63. The third-order valence-corrected chi connectivity index (χ3v) is 2.83. The van der Waals surface area contributed by atoms with Crippen LogP contribution in [0.1, 0.15) is 11.7 Å². The Morgan fingerprint density at radius 2 is 2.31 bits per heavy atom. The number of halogens is 2. The summed E-state index contributed by atoms with van der Waals surface area (Å²) in [4.78, 5) is 4.09. The van der Waals surface area contributed by atoms with Crippen molar-refractivity contribution in [1.29, 1.82) is 0 Å². The molecule has 1 aromatic heterocycles. The summed E-state index contributed by atoms with van der Waals surface area (Å²) in [6.45, 7) is 2.27. The van der Waals surface area contributed by atoms with Gasteiger partial charge >= 0.3 is 0 Å². The molecular weight excluding hydrogens is 293 g/mol. The van der Waals surface area contributed by atoms with Gasteiger partial charge in [0, 0.05) is 22.1 Å². The van der Waals surface area contributed by atoms with Gasteiger partial charge in [0.25, 0.3) is 0 Å². The molecule has 0 saturated carbocycles. The molecular formula is C10H9BrClN3O. The van der Waals surface area contributed by atoms with Gasteiger partial charge in [-0.15, -0.1) is 0 Å². The summed E-state index contributed by atoms with van der Waals surface area (Å²) in [5, 5.41) is 7.66. The second-order valence-corrected chi connectivity index (χ2v) is 4.50. The van der Waals surface area contributed by atoms with Gasteiger partial charge < -0.3 is 9.84 Å². The number of hydrogen-bond acceptors (Lipinski definition) is 4. The number of aromatic nitrogens is 2. The van der Waals surface area contributed by atoms with E-state index in [-0.39, 0.29) is 0 Å². The lowest BCUT2D eigenvalue weighted by Gasteiger charge is -2.06. The highest BCUT2D eigenvalue weighted by atomic mass is 79.9. The largest absolute Gasteiger partial charge is 0.377 e. The number of anilines is 1. The van der Waals surface area contributed by atoms with Crippen LogP contribution in [0.5, 0.6) is 0 Å². The van der Waals surface area contributed by atoms with Crippen molar-refractivity contribution in [2.75, 3.05) is 5.32 Å². The van der Waals surface area contributed by atoms with Crippen LogP contribution in [0.4, 0.5) is 5.69 Å². The topological polar surface area (TPSA) is 51.0 Å². The van der Waals surface area contributed by atoms with Crippen LogP contribution in [0, 0.1) is 6.92 Å². The normalized spacial score (nSPS) is 10.4. The molecule has 2 aromatic rings. The fraction of sp³-hybridized carbons (Fsp3) is 0.200. The minimum Gasteiger partial charge on any atom is -0.377 e. The van der Waals surface area contributed by atoms with Gasteiger partial charge in [-0.3, -0.25) is 0 Å². The lowest BCUT2D eigenvalue weighted by molar-refractivity contribution is 0.388. The zero-order valence-electron chi connectivity index (χ0n) is 8.50. The van der Waals surface area contributed by atoms with Gasteiger partial charge in [-0.25, -0.2) is 0 Å². The molecule has 0 fully saturated rings. The van der Waals surface area contributed by atoms with E-state index >= 15 is 0 Å². The first-order valence-corrected chi connectivity index (χ1v) is 5.80. The summed E-state index contributed by atoms with van der Waals surface area (Å²) < 4.78 is 5.77. The Morgan fingerprint density at radius 1 is 1.50 bits per heavy atom. The summed E-state index contributed by atoms with van der Waals surface area (Å²) in [5.74, 6) is 1.19. The van der Waals surface area contributed by atoms with Gasteiger partial charge in [0.1, 0.15) is 0 Å². The maximum Gasteiger partial charge on any atom is 0.223 e. The highest BCUT2D eigenvalue weighted by Gasteiger charge is 2.04. The van der Waals surface area contributed by atoms with Crippen LogP contribution in [0.25, 0.3) is 0 Å². The van der Waals surface area contributed by atoms with Crippen molar-refractivity contribution in [1.82, 2.24) is 10.1 Å². The first-order chi connectivity index (χ1) is 7.65. The number of rotatable bonds is 3. The molecule has 0 bridgehead atoms. The zero-order chi connectivity index (χ0) is 11.5. The number of aryl methyl sites for hydroxylation is 1. The van der Waals surface area contributed by atoms with Crippen LogP contribution in [0.2, 0.25) is 5.02 Å². The van der Waals surface area contributed by atoms with Crippen LogP contribution in [0.3, 0.4) is 0 Å². The predicted molar refractivity (Wildman–Crippen MR) is 65.5 cm³/mol. The van der Waals surface area contributed by atoms with E-state index in [2.05, 4.69) is 31.4 Å². The molecule has 1 aromatic carbocycles. The number of hydrogen-bond donors (Lipinski definition) is 1. The Kier molecular flexibility index (Phi) is 3.46. The Balaban J connectivity index is 2.04. The highest BCUT2D eigenvalue weighted by molar-refractivity contribution is 9.10. The maximum atomic E-state index is 5.84. The molecule has 0 saturated heterocycles. The molecule has 0 unspecified atom stereocenters. The van der Waals surface area contributed by atoms with Crippen LogP contribution in [-0.4, -0.2) is 10.1 Å². The molecule has 4 nitrogen and oxygen atoms in total. The first kappa shape index (κ1) is 11.4. The third-order valence-electron chi connectivity index (χ3n) is 1.94. The van der Waals surface area contributed by atoms with Crippen molar-refractivity contribution in [2.45, 2.75) is 13.5 Å². The summed E-state index contributed by atoms with van der Waals surface area (Å²) >= 11 is 9.25. The molecule has 0 spiro atoms. The van der Waals surface area contributed by atoms with E-state index in [1.165, 1.54) is 0 Å². The minimum absolute atomic E-state index is 0.511. The molecule has 1 heterocycles. The molecule has 84 valence electrons. The summed E-state index contributed by atoms with van der Waals surface area (Å²) in [6, 6.07) is 5.53. The maximum absolute atomic E-state index is 5.84. The second kappa shape index (κ2) is 4.84. The van der Waals surface area contributed by atoms with E-state index in [9.17, 15) is 0 Å². The van der Waals surface area contributed by atoms with Gasteiger partial charge in [0.2, 0.25) is 5.89 Å². The highest BCUT2D eigenvalue weighted by Crippen LogP contribution is 2.26. The van der Waals surface area contributed by atoms with Crippen LogP contribution in [0.15, 0.2) is 27.2 Å². The Bertz CT molecular complexity index is 501. The molecule has 0 radical (unpaired) electrons. The fourth-order valence-corrected chi connectivity index (χ4v) is 2.04. The van der Waals surface area contributed by atoms with Crippen molar-refractivity contribution < 1.29 is 4.52 Å². The van der Waals surface area contributed by atoms with Gasteiger partial charge in [-0.2, -0.15) is 4.98 Å². The number of benzene rings is 1. The Morgan fingerprint density at radius 3 is 2.94 bits per heavy atom. The Labute approximate surface area is 106 Å². The number of nitrogens with one attached hydrogen (secondary N) is 1. The quantitative estimate of drug-likeness (QED) is 0.944. The zero-order valence-corrected chi connectivity index (χ0v) is 10.8. The lowest BCUT2D eigenvalue weighted by atomic mass is 10.3. The van der Waals surface area contributed by atoms with E-state index in [1.54, 1.807) is 6.92 Å². The molecule has 2 rings (SSSR count). The minimum atomic E-state index is 0.511. The van der Waals surface area contributed by atoms with Gasteiger partial charge in [-0.1, -0.05) is 16.8 Å². The van der Waals surface area contributed by atoms with Crippen molar-refractivity contribution in [3.05, 3.63) is 39.4 Å². The van der Waals surface area contributed by atoms with Crippen molar-refractivity contribution in [3.8, 4) is 0 Å². The summed E-state index contributed by atoms with van der Waals surface area (Å²) in [7, 11) is 0. The molecule has 0 aliphatic carbocycles. The standard InChI is InChI=1S/C10H9BrClN3O/c1-6-14-10(15-16-6)5-13-9-3-2-7(12)4-8(9)11/h2-4,13H,5H2,1H3. The molecule has 6 heteroatoms. The van der Waals surface area contributed by atoms with E-state index in [0.717, 1.165) is 10.2 Å². The van der Waals surface area contributed by atoms with Crippen LogP contribution >= 0.6 is 27.5 Å². The number of nitrogens with zero attached hydrogens (tertiary/aromatic N) is 2. The van der Waals surface area contributed by atoms with Gasteiger partial charge in [0.15, 0.2) is 5.82 Å². The van der Waals surface area contributed by atoms with Crippen molar-refractivity contribution in [2.24, 2.45) is 0 Å². The summed E-state index contributed by atoms with van der Waals surface area (Å²) in [5.41, 5.74) is 0.937. The smallest absolute Gasteiger partial charge is 0.223 e. The van der Waals surface area contributed by atoms with E-state index in [4.69, 9.17) is 16.1 Å². The molecule has 0 aliphatic rings. The Hall–Kier alpha value is -1.07. The van der Waals surface area contributed by atoms with Gasteiger partial charge in [0.05, 0.1) is 6.54 Å². The molecule has 0 aliphatic heterocycles. The van der Waals surface area contributed by atoms with E-state index in [0.29, 0.717) is 23.3 Å². The summed E-state index contributed by atoms with van der Waals surface area (Å²) in [6.07, 6.45) is 0. The van der Waals surface area contributed by atoms with E-state index < -0.39 is 0 Å². The lowest BCUT2D eigenvalue weighted by Crippen LogP contribution is -2.01. The van der Waals surface area contributed by atoms with Crippen LogP contribution < -0.4 is 5.32 Å². The third kappa shape index (κ3) is 2.74. The van der Waals surface area contributed by atoms with Crippen LogP contribution in [-0.2, 0) is 6.54 Å². The SMILES string of the molecule is Cc1nc(CNc2ccc(Cl)cc2Br)no1. The van der Waals surface area contributed by atoms with Crippen molar-refractivity contribution >= 4 is 33.2 Å². The molecule has 0 amide bonds. The van der Waals surface area contributed by atoms with Gasteiger partial charge in [-0.05, 0) is 34.1 Å². The molecule has 0 atom stereocenters. The monoisotopic (exact) mass is 301 g/mol. The fourth-order valence-electron chi connectivity index (χ4n) is 1.22.